The summed E-state index contributed by atoms with van der Waals surface area (Å²) in [5, 5.41) is 18.2. The van der Waals surface area contributed by atoms with Crippen LogP contribution in [0.2, 0.25) is 0 Å². The van der Waals surface area contributed by atoms with Crippen molar-refractivity contribution in [2.24, 2.45) is 4.99 Å². The summed E-state index contributed by atoms with van der Waals surface area (Å²) in [5.74, 6) is -0.213. The molecule has 4 N–H and O–H groups in total. The number of aryl methyl sites for hydroxylation is 3. The van der Waals surface area contributed by atoms with Gasteiger partial charge in [-0.2, -0.15) is 0 Å². The van der Waals surface area contributed by atoms with Crippen molar-refractivity contribution in [2.45, 2.75) is 67.5 Å². The molecule has 0 unspecified atom stereocenters. The fraction of sp³-hybridized carbons (Fsp3) is 0.304. The Morgan fingerprint density at radius 2 is 1.22 bits per heavy atom. The van der Waals surface area contributed by atoms with E-state index in [0.717, 1.165) is 31.6 Å². The van der Waals surface area contributed by atoms with Crippen molar-refractivity contribution in [3.05, 3.63) is 165 Å². The third kappa shape index (κ3) is 10.9. The number of nitrogens with zero attached hydrogens (tertiary/aromatic N) is 2. The Morgan fingerprint density at radius 3 is 1.77 bits per heavy atom. The molecule has 0 aliphatic heterocycles. The van der Waals surface area contributed by atoms with Gasteiger partial charge in [-0.25, -0.2) is 0 Å². The second-order valence-corrected chi connectivity index (χ2v) is 17.4. The van der Waals surface area contributed by atoms with E-state index in [1.807, 2.05) is 7.05 Å². The molecule has 0 heterocycles. The second-order valence-electron chi connectivity index (χ2n) is 17.4. The monoisotopic (exact) mass is 855 g/mol. The molecule has 6 rings (SSSR count). The maximum Gasteiger partial charge on any atom is 0.246 e. The van der Waals surface area contributed by atoms with Gasteiger partial charge in [-0.15, -0.1) is 0 Å². The van der Waals surface area contributed by atoms with E-state index in [1.54, 1.807) is 13.8 Å². The second kappa shape index (κ2) is 21.3. The Morgan fingerprint density at radius 1 is 0.641 bits per heavy atom. The number of nitrogens with one attached hydrogen (secondary N) is 4. The maximum absolute atomic E-state index is 12.1. The number of rotatable bonds is 18. The normalized spacial score (nSPS) is 13.9. The van der Waals surface area contributed by atoms with Gasteiger partial charge in [0.2, 0.25) is 11.8 Å². The summed E-state index contributed by atoms with van der Waals surface area (Å²) in [5.41, 5.74) is 17.8. The highest BCUT2D eigenvalue weighted by molar-refractivity contribution is 6.09. The van der Waals surface area contributed by atoms with Crippen LogP contribution in [-0.2, 0) is 22.7 Å². The van der Waals surface area contributed by atoms with E-state index < -0.39 is 0 Å². The minimum Gasteiger partial charge on any atom is -0.378 e. The van der Waals surface area contributed by atoms with Crippen LogP contribution < -0.4 is 26.2 Å². The highest BCUT2D eigenvalue weighted by atomic mass is 16.2. The molecule has 0 spiro atoms. The van der Waals surface area contributed by atoms with E-state index in [-0.39, 0.29) is 11.8 Å². The molecular formula is C56H66N6O2. The number of amides is 2. The largest absolute Gasteiger partial charge is 0.378 e. The van der Waals surface area contributed by atoms with E-state index >= 15 is 0 Å². The van der Waals surface area contributed by atoms with Gasteiger partial charge >= 0.3 is 0 Å². The number of carbonyl (C=O) groups is 2. The average Bonchev–Trinajstić information content (AvgIpc) is 3.27. The summed E-state index contributed by atoms with van der Waals surface area (Å²) in [6.45, 7) is 23.9. The zero-order chi connectivity index (χ0) is 46.1. The number of benzene rings is 5. The summed E-state index contributed by atoms with van der Waals surface area (Å²) >= 11 is 0. The number of carbonyl (C=O) groups excluding carboxylic acids is 2. The molecule has 1 aliphatic rings. The zero-order valence-electron chi connectivity index (χ0n) is 39.4. The minimum absolute atomic E-state index is 0.106. The Bertz CT molecular complexity index is 2750. The lowest BCUT2D eigenvalue weighted by molar-refractivity contribution is -0.118. The number of allylic oxidation sites excluding steroid dienone is 5. The van der Waals surface area contributed by atoms with Gasteiger partial charge in [0.1, 0.15) is 0 Å². The Hall–Kier alpha value is -6.35. The number of fused-ring (bicyclic) bond motifs is 2. The summed E-state index contributed by atoms with van der Waals surface area (Å²) in [6, 6.07) is 27.2. The van der Waals surface area contributed by atoms with Crippen molar-refractivity contribution in [1.29, 1.82) is 0 Å². The molecule has 64 heavy (non-hydrogen) atoms. The van der Waals surface area contributed by atoms with Gasteiger partial charge in [-0.05, 0) is 186 Å². The molecule has 0 fully saturated rings. The molecule has 8 heteroatoms. The van der Waals surface area contributed by atoms with E-state index in [4.69, 9.17) is 0 Å². The van der Waals surface area contributed by atoms with Crippen molar-refractivity contribution in [3.63, 3.8) is 0 Å². The summed E-state index contributed by atoms with van der Waals surface area (Å²) < 4.78 is 0. The first kappa shape index (κ1) is 47.1. The summed E-state index contributed by atoms with van der Waals surface area (Å²) in [4.78, 5) is 30.8. The molecule has 0 saturated carbocycles. The molecule has 2 amide bonds. The SMILES string of the molecule is C=C(C)C(=O)NCCCNCc1c2ccccc2c(CNCCCNC(=O)C(=C)C)c2cc(-c3cc(C)c(/C(=C4\C=CC(=NC)C=C4C)c4ccc(N(C)C)cc4C)cc3C)ccc12. The predicted molar refractivity (Wildman–Crippen MR) is 272 cm³/mol. The smallest absolute Gasteiger partial charge is 0.246 e. The van der Waals surface area contributed by atoms with Gasteiger partial charge in [-0.1, -0.05) is 73.8 Å². The first-order chi connectivity index (χ1) is 30.7. The highest BCUT2D eigenvalue weighted by Gasteiger charge is 2.21. The van der Waals surface area contributed by atoms with Gasteiger partial charge in [-0.3, -0.25) is 14.6 Å². The first-order valence-corrected chi connectivity index (χ1v) is 22.4. The van der Waals surface area contributed by atoms with Crippen LogP contribution in [0.25, 0.3) is 38.2 Å². The van der Waals surface area contributed by atoms with Crippen molar-refractivity contribution in [2.75, 3.05) is 52.2 Å². The van der Waals surface area contributed by atoms with Crippen LogP contribution in [-0.4, -0.2) is 64.8 Å². The fourth-order valence-electron chi connectivity index (χ4n) is 8.57. The third-order valence-electron chi connectivity index (χ3n) is 12.1. The number of hydrogen-bond acceptors (Lipinski definition) is 6. The number of hydrogen-bond donors (Lipinski definition) is 4. The standard InChI is InChI=1S/C56H66N6O2/c1-35(2)55(63)60-26-14-24-58-33-52-46-16-12-13-17-47(46)53(34-59-25-15-27-61-56(64)36(3)4)51-32-41(18-21-48(51)52)49-30-40(8)50(31-39(49)7)54(44-22-19-42(57-9)28-37(44)5)45-23-20-43(62(10)11)29-38(45)6/h12-13,16-23,28-32,58-59H,1,3,14-15,24-27,33-34H2,2,4-11H3,(H,60,63)(H,61,64)/b54-44+,57-42?. The zero-order valence-corrected chi connectivity index (χ0v) is 39.4. The molecule has 0 saturated heterocycles. The average molecular weight is 855 g/mol. The van der Waals surface area contributed by atoms with E-state index in [9.17, 15) is 9.59 Å². The van der Waals surface area contributed by atoms with Crippen LogP contribution in [0.5, 0.6) is 0 Å². The predicted octanol–water partition coefficient (Wildman–Crippen LogP) is 10.4. The van der Waals surface area contributed by atoms with Crippen LogP contribution in [0.1, 0.15) is 72.6 Å². The molecule has 5 aromatic rings. The molecule has 5 aromatic carbocycles. The maximum atomic E-state index is 12.1. The third-order valence-corrected chi connectivity index (χ3v) is 12.1. The lowest BCUT2D eigenvalue weighted by Gasteiger charge is -2.23. The van der Waals surface area contributed by atoms with E-state index in [0.29, 0.717) is 37.3 Å². The quantitative estimate of drug-likeness (QED) is 0.0400. The summed E-state index contributed by atoms with van der Waals surface area (Å²) in [7, 11) is 6.01. The molecule has 0 radical (unpaired) electrons. The highest BCUT2D eigenvalue weighted by Crippen LogP contribution is 2.41. The Labute approximate surface area is 381 Å². The van der Waals surface area contributed by atoms with Crippen LogP contribution in [0.3, 0.4) is 0 Å². The van der Waals surface area contributed by atoms with E-state index in [2.05, 4.69) is 177 Å². The van der Waals surface area contributed by atoms with Crippen molar-refractivity contribution in [3.8, 4) is 11.1 Å². The lowest BCUT2D eigenvalue weighted by Crippen LogP contribution is -2.27. The Balaban J connectivity index is 1.42. The molecule has 332 valence electrons. The van der Waals surface area contributed by atoms with Crippen LogP contribution >= 0.6 is 0 Å². The molecule has 0 aromatic heterocycles. The van der Waals surface area contributed by atoms with Crippen LogP contribution in [0, 0.1) is 20.8 Å². The van der Waals surface area contributed by atoms with E-state index in [1.165, 1.54) is 94.0 Å². The number of anilines is 1. The number of aliphatic imine (C=N–C) groups is 1. The van der Waals surface area contributed by atoms with Gasteiger partial charge in [0, 0.05) is 64.2 Å². The lowest BCUT2D eigenvalue weighted by atomic mass is 9.82. The van der Waals surface area contributed by atoms with Crippen molar-refractivity contribution < 1.29 is 9.59 Å². The first-order valence-electron chi connectivity index (χ1n) is 22.4. The summed E-state index contributed by atoms with van der Waals surface area (Å²) in [6.07, 6.45) is 8.13. The molecule has 1 aliphatic carbocycles. The topological polar surface area (TPSA) is 97.9 Å². The van der Waals surface area contributed by atoms with Crippen molar-refractivity contribution >= 4 is 50.3 Å². The molecule has 0 bridgehead atoms. The molecular weight excluding hydrogens is 789 g/mol. The Kier molecular flexibility index (Phi) is 15.7. The molecule has 0 atom stereocenters. The van der Waals surface area contributed by atoms with Gasteiger partial charge in [0.05, 0.1) is 5.71 Å². The van der Waals surface area contributed by atoms with Gasteiger partial charge in [0.25, 0.3) is 0 Å². The fourth-order valence-corrected chi connectivity index (χ4v) is 8.57. The van der Waals surface area contributed by atoms with Crippen molar-refractivity contribution in [1.82, 2.24) is 21.3 Å². The van der Waals surface area contributed by atoms with Crippen LogP contribution in [0.4, 0.5) is 5.69 Å². The molecule has 8 nitrogen and oxygen atoms in total. The van der Waals surface area contributed by atoms with Crippen LogP contribution in [0.15, 0.2) is 131 Å². The van der Waals surface area contributed by atoms with Gasteiger partial charge in [0.15, 0.2) is 0 Å². The minimum atomic E-state index is -0.108. The van der Waals surface area contributed by atoms with Gasteiger partial charge < -0.3 is 26.2 Å².